The standard InChI is InChI=1S/C21H24N2O3S/c1-2-23-27(25,26)19-11-8-17(9-12-19)10-13-20(24)22-16-21(14-15-21)18-6-4-3-5-7-18/h3-13,23H,2,14-16H2,1H3,(H,22,24). The van der Waals surface area contributed by atoms with Gasteiger partial charge in [-0.3, -0.25) is 4.79 Å². The van der Waals surface area contributed by atoms with Crippen LogP contribution >= 0.6 is 0 Å². The largest absolute Gasteiger partial charge is 0.352 e. The summed E-state index contributed by atoms with van der Waals surface area (Å²) in [5.41, 5.74) is 2.11. The minimum absolute atomic E-state index is 0.0764. The maximum absolute atomic E-state index is 12.1. The third-order valence-corrected chi connectivity index (χ3v) is 6.35. The Morgan fingerprint density at radius 1 is 1.07 bits per heavy atom. The highest BCUT2D eigenvalue weighted by Gasteiger charge is 2.44. The fraction of sp³-hybridized carbons (Fsp3) is 0.286. The van der Waals surface area contributed by atoms with Crippen LogP contribution in [0.2, 0.25) is 0 Å². The maximum Gasteiger partial charge on any atom is 0.244 e. The Bertz CT molecular complexity index is 916. The molecule has 1 saturated carbocycles. The zero-order chi connectivity index (χ0) is 19.3. The minimum Gasteiger partial charge on any atom is -0.352 e. The molecule has 0 atom stereocenters. The van der Waals surface area contributed by atoms with Gasteiger partial charge in [-0.1, -0.05) is 49.4 Å². The Balaban J connectivity index is 1.56. The highest BCUT2D eigenvalue weighted by Crippen LogP contribution is 2.47. The Labute approximate surface area is 160 Å². The van der Waals surface area contributed by atoms with Crippen molar-refractivity contribution < 1.29 is 13.2 Å². The SMILES string of the molecule is CCNS(=O)(=O)c1ccc(C=CC(=O)NCC2(c3ccccc3)CC2)cc1. The molecular formula is C21H24N2O3S. The lowest BCUT2D eigenvalue weighted by Crippen LogP contribution is -2.30. The second-order valence-corrected chi connectivity index (χ2v) is 8.53. The van der Waals surface area contributed by atoms with E-state index in [-0.39, 0.29) is 16.2 Å². The normalized spacial score (nSPS) is 15.6. The van der Waals surface area contributed by atoms with E-state index in [2.05, 4.69) is 22.2 Å². The molecular weight excluding hydrogens is 360 g/mol. The average molecular weight is 385 g/mol. The van der Waals surface area contributed by atoms with Crippen LogP contribution in [0.25, 0.3) is 6.08 Å². The van der Waals surface area contributed by atoms with Crippen molar-refractivity contribution in [3.63, 3.8) is 0 Å². The third kappa shape index (κ3) is 4.84. The molecule has 1 amide bonds. The quantitative estimate of drug-likeness (QED) is 0.687. The molecule has 6 heteroatoms. The second kappa shape index (κ2) is 8.06. The number of rotatable bonds is 8. The lowest BCUT2D eigenvalue weighted by Gasteiger charge is -2.15. The zero-order valence-corrected chi connectivity index (χ0v) is 16.1. The van der Waals surface area contributed by atoms with Crippen molar-refractivity contribution in [1.82, 2.24) is 10.0 Å². The van der Waals surface area contributed by atoms with Gasteiger partial charge in [0.15, 0.2) is 0 Å². The number of amides is 1. The molecule has 0 spiro atoms. The maximum atomic E-state index is 12.1. The highest BCUT2D eigenvalue weighted by molar-refractivity contribution is 7.89. The van der Waals surface area contributed by atoms with Gasteiger partial charge in [-0.2, -0.15) is 0 Å². The van der Waals surface area contributed by atoms with Crippen LogP contribution in [0.5, 0.6) is 0 Å². The summed E-state index contributed by atoms with van der Waals surface area (Å²) in [6.45, 7) is 2.70. The van der Waals surface area contributed by atoms with E-state index in [0.29, 0.717) is 13.1 Å². The van der Waals surface area contributed by atoms with Crippen LogP contribution in [0, 0.1) is 0 Å². The van der Waals surface area contributed by atoms with E-state index in [1.807, 2.05) is 18.2 Å². The van der Waals surface area contributed by atoms with Crippen molar-refractivity contribution in [1.29, 1.82) is 0 Å². The second-order valence-electron chi connectivity index (χ2n) is 6.77. The van der Waals surface area contributed by atoms with Crippen LogP contribution in [-0.4, -0.2) is 27.4 Å². The fourth-order valence-electron chi connectivity index (χ4n) is 3.03. The van der Waals surface area contributed by atoms with Gasteiger partial charge in [0.25, 0.3) is 0 Å². The molecule has 0 aromatic heterocycles. The van der Waals surface area contributed by atoms with Crippen molar-refractivity contribution in [3.8, 4) is 0 Å². The summed E-state index contributed by atoms with van der Waals surface area (Å²) in [7, 11) is -3.46. The summed E-state index contributed by atoms with van der Waals surface area (Å²) >= 11 is 0. The van der Waals surface area contributed by atoms with Gasteiger partial charge in [-0.15, -0.1) is 0 Å². The van der Waals surface area contributed by atoms with Gasteiger partial charge in [0.2, 0.25) is 15.9 Å². The van der Waals surface area contributed by atoms with Gasteiger partial charge in [-0.25, -0.2) is 13.1 Å². The van der Waals surface area contributed by atoms with Crippen molar-refractivity contribution in [2.45, 2.75) is 30.1 Å². The first-order valence-electron chi connectivity index (χ1n) is 9.06. The molecule has 0 aliphatic heterocycles. The van der Waals surface area contributed by atoms with Crippen molar-refractivity contribution >= 4 is 22.0 Å². The monoisotopic (exact) mass is 384 g/mol. The van der Waals surface area contributed by atoms with E-state index in [1.54, 1.807) is 25.1 Å². The number of hydrogen-bond acceptors (Lipinski definition) is 3. The lowest BCUT2D eigenvalue weighted by molar-refractivity contribution is -0.116. The summed E-state index contributed by atoms with van der Waals surface area (Å²) in [5, 5.41) is 2.97. The molecule has 5 nitrogen and oxygen atoms in total. The van der Waals surface area contributed by atoms with E-state index >= 15 is 0 Å². The Hall–Kier alpha value is -2.44. The highest BCUT2D eigenvalue weighted by atomic mass is 32.2. The number of hydrogen-bond donors (Lipinski definition) is 2. The minimum atomic E-state index is -3.46. The van der Waals surface area contributed by atoms with Crippen LogP contribution in [-0.2, 0) is 20.2 Å². The number of carbonyl (C=O) groups is 1. The predicted molar refractivity (Wildman–Crippen MR) is 107 cm³/mol. The summed E-state index contributed by atoms with van der Waals surface area (Å²) < 4.78 is 26.3. The van der Waals surface area contributed by atoms with E-state index in [9.17, 15) is 13.2 Å². The summed E-state index contributed by atoms with van der Waals surface area (Å²) in [6, 6.07) is 16.7. The first-order chi connectivity index (χ1) is 13.0. The molecule has 27 heavy (non-hydrogen) atoms. The van der Waals surface area contributed by atoms with Gasteiger partial charge in [0, 0.05) is 24.6 Å². The Kier molecular flexibility index (Phi) is 5.77. The molecule has 1 fully saturated rings. The fourth-order valence-corrected chi connectivity index (χ4v) is 4.07. The van der Waals surface area contributed by atoms with Gasteiger partial charge in [0.1, 0.15) is 0 Å². The molecule has 0 bridgehead atoms. The van der Waals surface area contributed by atoms with Crippen molar-refractivity contribution in [2.75, 3.05) is 13.1 Å². The molecule has 2 N–H and O–H groups in total. The smallest absolute Gasteiger partial charge is 0.244 e. The molecule has 2 aromatic carbocycles. The molecule has 3 rings (SSSR count). The van der Waals surface area contributed by atoms with Crippen LogP contribution in [0.3, 0.4) is 0 Å². The number of nitrogens with one attached hydrogen (secondary N) is 2. The van der Waals surface area contributed by atoms with Crippen LogP contribution in [0.1, 0.15) is 30.9 Å². The van der Waals surface area contributed by atoms with E-state index < -0.39 is 10.0 Å². The van der Waals surface area contributed by atoms with E-state index in [4.69, 9.17) is 0 Å². The van der Waals surface area contributed by atoms with Gasteiger partial charge in [-0.05, 0) is 42.2 Å². The van der Waals surface area contributed by atoms with E-state index in [0.717, 1.165) is 18.4 Å². The van der Waals surface area contributed by atoms with Crippen molar-refractivity contribution in [3.05, 3.63) is 71.8 Å². The van der Waals surface area contributed by atoms with Crippen LogP contribution < -0.4 is 10.0 Å². The molecule has 0 heterocycles. The molecule has 1 aliphatic carbocycles. The van der Waals surface area contributed by atoms with Crippen LogP contribution in [0.15, 0.2) is 65.6 Å². The molecule has 0 unspecified atom stereocenters. The molecule has 2 aromatic rings. The summed E-state index contributed by atoms with van der Waals surface area (Å²) in [5.74, 6) is -0.151. The Morgan fingerprint density at radius 2 is 1.74 bits per heavy atom. The number of benzene rings is 2. The van der Waals surface area contributed by atoms with Gasteiger partial charge < -0.3 is 5.32 Å². The average Bonchev–Trinajstić information content (AvgIpc) is 3.47. The zero-order valence-electron chi connectivity index (χ0n) is 15.3. The lowest BCUT2D eigenvalue weighted by atomic mass is 9.96. The molecule has 0 saturated heterocycles. The molecule has 142 valence electrons. The van der Waals surface area contributed by atoms with Gasteiger partial charge in [0.05, 0.1) is 4.90 Å². The van der Waals surface area contributed by atoms with E-state index in [1.165, 1.54) is 23.8 Å². The topological polar surface area (TPSA) is 75.3 Å². The Morgan fingerprint density at radius 3 is 2.33 bits per heavy atom. The summed E-state index contributed by atoms with van der Waals surface area (Å²) in [4.78, 5) is 12.3. The first-order valence-corrected chi connectivity index (χ1v) is 10.5. The number of sulfonamides is 1. The van der Waals surface area contributed by atoms with Crippen LogP contribution in [0.4, 0.5) is 0 Å². The number of carbonyl (C=O) groups excluding carboxylic acids is 1. The van der Waals surface area contributed by atoms with Crippen molar-refractivity contribution in [2.24, 2.45) is 0 Å². The predicted octanol–water partition coefficient (Wildman–Crippen LogP) is 2.85. The molecule has 0 radical (unpaired) electrons. The van der Waals surface area contributed by atoms with Gasteiger partial charge >= 0.3 is 0 Å². The molecule has 1 aliphatic rings. The first kappa shape index (κ1) is 19.3. The summed E-state index contributed by atoms with van der Waals surface area (Å²) in [6.07, 6.45) is 5.33. The third-order valence-electron chi connectivity index (χ3n) is 4.79.